The van der Waals surface area contributed by atoms with Gasteiger partial charge in [-0.15, -0.1) is 0 Å². The zero-order chi connectivity index (χ0) is 16.5. The summed E-state index contributed by atoms with van der Waals surface area (Å²) in [5, 5.41) is 26.6. The zero-order valence-electron chi connectivity index (χ0n) is 10.9. The molecule has 0 aliphatic heterocycles. The van der Waals surface area contributed by atoms with E-state index in [1.54, 1.807) is 0 Å². The third kappa shape index (κ3) is 15.3. The van der Waals surface area contributed by atoms with Gasteiger partial charge in [-0.1, -0.05) is 41.4 Å². The van der Waals surface area contributed by atoms with Crippen LogP contribution in [0, 0.1) is 0 Å². The fourth-order valence-electron chi connectivity index (χ4n) is 0.512. The van der Waals surface area contributed by atoms with Crippen LogP contribution in [0.4, 0.5) is 0 Å². The molecule has 9 heteroatoms. The van der Waals surface area contributed by atoms with E-state index in [0.717, 1.165) is 6.92 Å². The Morgan fingerprint density at radius 2 is 1.38 bits per heavy atom. The molecule has 0 bridgehead atoms. The van der Waals surface area contributed by atoms with Gasteiger partial charge >= 0.3 is 23.0 Å². The maximum absolute atomic E-state index is 9.60. The Morgan fingerprint density at radius 1 is 1.10 bits per heavy atom. The summed E-state index contributed by atoms with van der Waals surface area (Å²) in [7, 11) is 0. The summed E-state index contributed by atoms with van der Waals surface area (Å²) in [6.07, 6.45) is 0. The second-order valence-corrected chi connectivity index (χ2v) is 4.52. The fourth-order valence-corrected chi connectivity index (χ4v) is 1.05. The van der Waals surface area contributed by atoms with E-state index in [0.29, 0.717) is 10.0 Å². The largest absolute Gasteiger partial charge is 1.00 e. The Bertz CT molecular complexity index is 440. The van der Waals surface area contributed by atoms with Gasteiger partial charge in [-0.25, -0.2) is 4.79 Å². The summed E-state index contributed by atoms with van der Waals surface area (Å²) >= 11 is 16.6. The minimum atomic E-state index is -1.08. The van der Waals surface area contributed by atoms with Crippen molar-refractivity contribution in [2.45, 2.75) is 13.8 Å². The first-order valence-corrected chi connectivity index (χ1v) is 6.02. The first-order chi connectivity index (χ1) is 8.98. The van der Waals surface area contributed by atoms with Crippen molar-refractivity contribution in [2.75, 3.05) is 0 Å². The van der Waals surface area contributed by atoms with Crippen molar-refractivity contribution < 1.29 is 42.0 Å². The van der Waals surface area contributed by atoms with Crippen LogP contribution < -0.4 is 5.11 Å². The van der Waals surface area contributed by atoms with Gasteiger partial charge in [0, 0.05) is 17.6 Å². The molecule has 0 aromatic heterocycles. The summed E-state index contributed by atoms with van der Waals surface area (Å²) in [6.45, 7) is 5.57. The van der Waals surface area contributed by atoms with E-state index in [-0.39, 0.29) is 33.4 Å². The molecular formula is C12H12Cl3CuO5. The van der Waals surface area contributed by atoms with E-state index in [1.165, 1.54) is 19.1 Å². The van der Waals surface area contributed by atoms with Crippen LogP contribution in [-0.2, 0) is 26.7 Å². The van der Waals surface area contributed by atoms with Crippen LogP contribution in [0.1, 0.15) is 13.8 Å². The molecule has 21 heavy (non-hydrogen) atoms. The molecular weight excluding hydrogens is 394 g/mol. The summed E-state index contributed by atoms with van der Waals surface area (Å²) in [6, 6.07) is 2.69. The summed E-state index contributed by atoms with van der Waals surface area (Å²) in [5.74, 6) is -2.08. The third-order valence-corrected chi connectivity index (χ3v) is 2.38. The van der Waals surface area contributed by atoms with Crippen molar-refractivity contribution in [3.05, 3.63) is 39.4 Å². The van der Waals surface area contributed by atoms with E-state index in [1.807, 2.05) is 0 Å². The van der Waals surface area contributed by atoms with Gasteiger partial charge in [-0.05, 0) is 19.9 Å². The first-order valence-electron chi connectivity index (χ1n) is 4.88. The van der Waals surface area contributed by atoms with Crippen LogP contribution in [0.15, 0.2) is 24.3 Å². The van der Waals surface area contributed by atoms with Gasteiger partial charge < -0.3 is 20.1 Å². The van der Waals surface area contributed by atoms with Gasteiger partial charge in [-0.2, -0.15) is 0 Å². The Morgan fingerprint density at radius 3 is 1.62 bits per heavy atom. The van der Waals surface area contributed by atoms with Crippen LogP contribution in [0.3, 0.4) is 0 Å². The molecule has 0 fully saturated rings. The summed E-state index contributed by atoms with van der Waals surface area (Å²) in [4.78, 5) is 18.5. The minimum absolute atomic E-state index is 0. The number of carbonyl (C=O) groups is 2. The van der Waals surface area contributed by atoms with Crippen molar-refractivity contribution in [3.63, 3.8) is 0 Å². The average molecular weight is 406 g/mol. The van der Waals surface area contributed by atoms with Crippen LogP contribution in [0.25, 0.3) is 0 Å². The summed E-state index contributed by atoms with van der Waals surface area (Å²) < 4.78 is 0. The SMILES string of the molecule is C=C(C)C(=O)O.CC(=O)[O-].Oc1cc(Cl)c(Cl)cc1Cl.[Cu+]. The number of aliphatic carboxylic acids is 2. The molecule has 2 N–H and O–H groups in total. The molecule has 1 aromatic carbocycles. The van der Waals surface area contributed by atoms with E-state index in [4.69, 9.17) is 54.9 Å². The smallest absolute Gasteiger partial charge is 0.550 e. The van der Waals surface area contributed by atoms with Gasteiger partial charge in [0.1, 0.15) is 5.75 Å². The fraction of sp³-hybridized carbons (Fsp3) is 0.167. The van der Waals surface area contributed by atoms with E-state index in [9.17, 15) is 4.79 Å². The van der Waals surface area contributed by atoms with Crippen LogP contribution in [0.2, 0.25) is 15.1 Å². The molecule has 0 atom stereocenters. The Labute approximate surface area is 147 Å². The predicted molar refractivity (Wildman–Crippen MR) is 76.3 cm³/mol. The van der Waals surface area contributed by atoms with Crippen LogP contribution in [-0.4, -0.2) is 22.2 Å². The monoisotopic (exact) mass is 404 g/mol. The maximum Gasteiger partial charge on any atom is 1.00 e. The van der Waals surface area contributed by atoms with Crippen molar-refractivity contribution in [1.82, 2.24) is 0 Å². The zero-order valence-corrected chi connectivity index (χ0v) is 14.1. The number of aromatic hydroxyl groups is 1. The second kappa shape index (κ2) is 12.8. The predicted octanol–water partition coefficient (Wildman–Crippen LogP) is 2.75. The van der Waals surface area contributed by atoms with Crippen molar-refractivity contribution in [1.29, 1.82) is 0 Å². The maximum atomic E-state index is 9.60. The van der Waals surface area contributed by atoms with Crippen LogP contribution >= 0.6 is 34.8 Å². The molecule has 0 radical (unpaired) electrons. The van der Waals surface area contributed by atoms with E-state index >= 15 is 0 Å². The molecule has 122 valence electrons. The Hall–Kier alpha value is -0.911. The number of benzene rings is 1. The molecule has 0 saturated carbocycles. The topological polar surface area (TPSA) is 97.7 Å². The molecule has 0 aliphatic rings. The number of halogens is 3. The average Bonchev–Trinajstić information content (AvgIpc) is 2.26. The Kier molecular flexibility index (Phi) is 15.3. The second-order valence-electron chi connectivity index (χ2n) is 3.29. The standard InChI is InChI=1S/C6H3Cl3O.C4H6O2.C2H4O2.Cu/c7-3-1-5(9)6(10)2-4(3)8;1-3(2)4(5)6;1-2(3)4;/h1-2,10H;1H2,2H3,(H,5,6);1H3,(H,3,4);/q;;;+1/p-1. The Balaban J connectivity index is -0.000000255. The molecule has 1 rings (SSSR count). The van der Waals surface area contributed by atoms with Crippen molar-refractivity contribution >= 4 is 46.7 Å². The molecule has 0 amide bonds. The number of carboxylic acid groups (broad SMARTS) is 2. The van der Waals surface area contributed by atoms with Crippen molar-refractivity contribution in [2.24, 2.45) is 0 Å². The van der Waals surface area contributed by atoms with E-state index < -0.39 is 11.9 Å². The number of phenols is 1. The number of phenolic OH excluding ortho intramolecular Hbond substituents is 1. The number of carbonyl (C=O) groups excluding carboxylic acids is 1. The van der Waals surface area contributed by atoms with Gasteiger partial charge in [0.2, 0.25) is 0 Å². The van der Waals surface area contributed by atoms with Gasteiger partial charge in [-0.3, -0.25) is 0 Å². The quantitative estimate of drug-likeness (QED) is 0.425. The number of hydrogen-bond donors (Lipinski definition) is 2. The van der Waals surface area contributed by atoms with Crippen molar-refractivity contribution in [3.8, 4) is 5.75 Å². The van der Waals surface area contributed by atoms with Gasteiger partial charge in [0.25, 0.3) is 0 Å². The van der Waals surface area contributed by atoms with Gasteiger partial charge in [0.15, 0.2) is 0 Å². The minimum Gasteiger partial charge on any atom is -0.550 e. The molecule has 0 unspecified atom stereocenters. The third-order valence-electron chi connectivity index (χ3n) is 1.35. The number of hydrogen-bond acceptors (Lipinski definition) is 4. The van der Waals surface area contributed by atoms with Crippen LogP contribution in [0.5, 0.6) is 5.75 Å². The van der Waals surface area contributed by atoms with E-state index in [2.05, 4.69) is 6.58 Å². The molecule has 0 saturated heterocycles. The number of rotatable bonds is 1. The first kappa shape index (κ1) is 25.1. The molecule has 5 nitrogen and oxygen atoms in total. The molecule has 0 spiro atoms. The normalized spacial score (nSPS) is 8.05. The summed E-state index contributed by atoms with van der Waals surface area (Å²) in [5.41, 5.74) is 0.176. The van der Waals surface area contributed by atoms with Gasteiger partial charge in [0.05, 0.1) is 15.1 Å². The molecule has 0 aliphatic carbocycles. The molecule has 0 heterocycles. The molecule has 1 aromatic rings. The number of carboxylic acids is 2.